The molecule has 0 radical (unpaired) electrons. The molecule has 4 unspecified atom stereocenters. The topological polar surface area (TPSA) is 0 Å². The number of fused-ring (bicyclic) bond motifs is 12. The van der Waals surface area contributed by atoms with Gasteiger partial charge in [0.2, 0.25) is 0 Å². The fourth-order valence-electron chi connectivity index (χ4n) is 4.40. The van der Waals surface area contributed by atoms with Crippen LogP contribution in [0.1, 0.15) is 90.9 Å². The van der Waals surface area contributed by atoms with Gasteiger partial charge in [0.25, 0.3) is 0 Å². The van der Waals surface area contributed by atoms with Gasteiger partial charge in [0.05, 0.1) is 0 Å². The molecule has 1 heteroatoms. The van der Waals surface area contributed by atoms with Gasteiger partial charge in [-0.15, -0.1) is 0 Å². The standard InChI is InChI=1S/C19H36S/c1-15-6-3-4-9-18-13-12-17(14-19(18)20)8-5-7-16(2)11-10-15/h15-20H,3-14H2,1-2H3/t15?,16?,17?,18?,19-/m0/s1. The first-order valence-electron chi connectivity index (χ1n) is 9.33. The van der Waals surface area contributed by atoms with Gasteiger partial charge in [0.15, 0.2) is 0 Å². The molecule has 0 N–H and O–H groups in total. The molecule has 0 aromatic rings. The van der Waals surface area contributed by atoms with Gasteiger partial charge in [0, 0.05) is 5.25 Å². The molecular weight excluding hydrogens is 260 g/mol. The summed E-state index contributed by atoms with van der Waals surface area (Å²) in [6.45, 7) is 4.95. The van der Waals surface area contributed by atoms with Gasteiger partial charge in [-0.25, -0.2) is 0 Å². The minimum atomic E-state index is 0.703. The molecule has 0 heterocycles. The van der Waals surface area contributed by atoms with Crippen LogP contribution in [0, 0.1) is 23.7 Å². The van der Waals surface area contributed by atoms with Crippen LogP contribution in [0.25, 0.3) is 0 Å². The van der Waals surface area contributed by atoms with Crippen LogP contribution in [0.15, 0.2) is 0 Å². The maximum Gasteiger partial charge on any atom is 0.00477 e. The molecule has 5 atom stereocenters. The van der Waals surface area contributed by atoms with Gasteiger partial charge in [-0.2, -0.15) is 12.6 Å². The van der Waals surface area contributed by atoms with Crippen LogP contribution in [0.2, 0.25) is 0 Å². The largest absolute Gasteiger partial charge is 0.176 e. The summed E-state index contributed by atoms with van der Waals surface area (Å²) in [5, 5.41) is 0.703. The first-order valence-corrected chi connectivity index (χ1v) is 9.85. The number of thiol groups is 1. The average Bonchev–Trinajstić information content (AvgIpc) is 2.43. The molecule has 20 heavy (non-hydrogen) atoms. The quantitative estimate of drug-likeness (QED) is 0.485. The molecule has 118 valence electrons. The Balaban J connectivity index is 1.86. The first kappa shape index (κ1) is 16.7. The Hall–Kier alpha value is 0.350. The Morgan fingerprint density at radius 2 is 1.30 bits per heavy atom. The summed E-state index contributed by atoms with van der Waals surface area (Å²) in [7, 11) is 0. The molecule has 0 saturated heterocycles. The number of hydrogen-bond acceptors (Lipinski definition) is 1. The summed E-state index contributed by atoms with van der Waals surface area (Å²) < 4.78 is 0. The Morgan fingerprint density at radius 3 is 2.00 bits per heavy atom. The minimum absolute atomic E-state index is 0.703. The van der Waals surface area contributed by atoms with E-state index in [1.54, 1.807) is 0 Å². The van der Waals surface area contributed by atoms with Crippen molar-refractivity contribution in [1.82, 2.24) is 0 Å². The summed E-state index contributed by atoms with van der Waals surface area (Å²) in [5.41, 5.74) is 0. The van der Waals surface area contributed by atoms with Crippen LogP contribution >= 0.6 is 12.6 Å². The second kappa shape index (κ2) is 8.71. The van der Waals surface area contributed by atoms with Gasteiger partial charge < -0.3 is 0 Å². The monoisotopic (exact) mass is 296 g/mol. The molecule has 3 aliphatic rings. The second-order valence-corrected chi connectivity index (χ2v) is 8.67. The predicted octanol–water partition coefficient (Wildman–Crippen LogP) is 6.50. The lowest BCUT2D eigenvalue weighted by Crippen LogP contribution is -2.25. The molecule has 3 fully saturated rings. The zero-order valence-electron chi connectivity index (χ0n) is 13.8. The molecule has 3 saturated carbocycles. The lowest BCUT2D eigenvalue weighted by molar-refractivity contribution is 0.252. The van der Waals surface area contributed by atoms with Crippen molar-refractivity contribution < 1.29 is 0 Å². The molecule has 3 aliphatic carbocycles. The van der Waals surface area contributed by atoms with Gasteiger partial charge in [-0.05, 0) is 42.9 Å². The fourth-order valence-corrected chi connectivity index (χ4v) is 5.00. The van der Waals surface area contributed by atoms with E-state index in [1.165, 1.54) is 77.0 Å². The summed E-state index contributed by atoms with van der Waals surface area (Å²) in [6, 6.07) is 0. The van der Waals surface area contributed by atoms with E-state index >= 15 is 0 Å². The highest BCUT2D eigenvalue weighted by atomic mass is 32.1. The predicted molar refractivity (Wildman–Crippen MR) is 93.5 cm³/mol. The first-order chi connectivity index (χ1) is 9.65. The van der Waals surface area contributed by atoms with E-state index in [0.29, 0.717) is 5.25 Å². The van der Waals surface area contributed by atoms with E-state index in [2.05, 4.69) is 13.8 Å². The summed E-state index contributed by atoms with van der Waals surface area (Å²) >= 11 is 4.93. The Kier molecular flexibility index (Phi) is 7.28. The number of hydrogen-bond donors (Lipinski definition) is 1. The van der Waals surface area contributed by atoms with Crippen LogP contribution in [-0.2, 0) is 0 Å². The highest BCUT2D eigenvalue weighted by Gasteiger charge is 2.27. The zero-order valence-corrected chi connectivity index (χ0v) is 14.7. The summed E-state index contributed by atoms with van der Waals surface area (Å²) in [4.78, 5) is 0. The average molecular weight is 297 g/mol. The number of rotatable bonds is 0. The van der Waals surface area contributed by atoms with Gasteiger partial charge >= 0.3 is 0 Å². The van der Waals surface area contributed by atoms with E-state index in [9.17, 15) is 0 Å². The lowest BCUT2D eigenvalue weighted by Gasteiger charge is -2.34. The molecule has 0 spiro atoms. The van der Waals surface area contributed by atoms with Crippen molar-refractivity contribution in [3.63, 3.8) is 0 Å². The van der Waals surface area contributed by atoms with Crippen molar-refractivity contribution in [2.45, 2.75) is 96.1 Å². The van der Waals surface area contributed by atoms with E-state index in [4.69, 9.17) is 12.6 Å². The molecule has 0 nitrogen and oxygen atoms in total. The highest BCUT2D eigenvalue weighted by Crippen LogP contribution is 2.38. The molecule has 0 aromatic carbocycles. The molecule has 0 aromatic heterocycles. The van der Waals surface area contributed by atoms with Crippen molar-refractivity contribution in [1.29, 1.82) is 0 Å². The maximum atomic E-state index is 4.93. The third-order valence-corrected chi connectivity index (χ3v) is 6.68. The fraction of sp³-hybridized carbons (Fsp3) is 1.00. The maximum absolute atomic E-state index is 4.93. The highest BCUT2D eigenvalue weighted by molar-refractivity contribution is 7.81. The molecule has 0 aliphatic heterocycles. The van der Waals surface area contributed by atoms with Crippen LogP contribution in [0.4, 0.5) is 0 Å². The second-order valence-electron chi connectivity index (χ2n) is 8.01. The molecular formula is C19H36S. The molecule has 2 bridgehead atoms. The van der Waals surface area contributed by atoms with Gasteiger partial charge in [-0.3, -0.25) is 0 Å². The van der Waals surface area contributed by atoms with Crippen molar-refractivity contribution >= 4 is 12.6 Å². The van der Waals surface area contributed by atoms with Crippen molar-refractivity contribution in [2.75, 3.05) is 0 Å². The van der Waals surface area contributed by atoms with E-state index in [0.717, 1.165) is 23.7 Å². The molecule has 3 rings (SSSR count). The van der Waals surface area contributed by atoms with Gasteiger partial charge in [0.1, 0.15) is 0 Å². The third kappa shape index (κ3) is 5.62. The normalized spacial score (nSPS) is 41.9. The van der Waals surface area contributed by atoms with Gasteiger partial charge in [-0.1, -0.05) is 71.6 Å². The summed E-state index contributed by atoms with van der Waals surface area (Å²) in [5.74, 6) is 3.82. The Bertz CT molecular complexity index is 262. The van der Waals surface area contributed by atoms with E-state index in [-0.39, 0.29) is 0 Å². The smallest absolute Gasteiger partial charge is 0.00477 e. The van der Waals surface area contributed by atoms with Crippen LogP contribution in [0.3, 0.4) is 0 Å². The van der Waals surface area contributed by atoms with Crippen LogP contribution in [-0.4, -0.2) is 5.25 Å². The van der Waals surface area contributed by atoms with Crippen molar-refractivity contribution in [3.8, 4) is 0 Å². The Labute approximate surface area is 132 Å². The zero-order chi connectivity index (χ0) is 14.4. The SMILES string of the molecule is CC1CCCCC2CCC(CCCC(C)CC1)C[C@@H]2S. The Morgan fingerprint density at radius 1 is 0.650 bits per heavy atom. The van der Waals surface area contributed by atoms with Crippen molar-refractivity contribution in [2.24, 2.45) is 23.7 Å². The summed E-state index contributed by atoms with van der Waals surface area (Å²) in [6.07, 6.45) is 17.5. The van der Waals surface area contributed by atoms with Crippen LogP contribution < -0.4 is 0 Å². The van der Waals surface area contributed by atoms with E-state index < -0.39 is 0 Å². The molecule has 0 amide bonds. The van der Waals surface area contributed by atoms with Crippen molar-refractivity contribution in [3.05, 3.63) is 0 Å². The van der Waals surface area contributed by atoms with Crippen LogP contribution in [0.5, 0.6) is 0 Å². The minimum Gasteiger partial charge on any atom is -0.176 e. The van der Waals surface area contributed by atoms with E-state index in [1.807, 2.05) is 0 Å². The third-order valence-electron chi connectivity index (χ3n) is 6.05. The lowest BCUT2D eigenvalue weighted by atomic mass is 9.77.